The normalized spacial score (nSPS) is 24.8. The molecule has 18 heteroatoms. The number of benzene rings is 1. The van der Waals surface area contributed by atoms with Crippen molar-refractivity contribution in [1.29, 1.82) is 0 Å². The third kappa shape index (κ3) is 24.2. The van der Waals surface area contributed by atoms with Crippen LogP contribution in [0.4, 0.5) is 33.2 Å². The van der Waals surface area contributed by atoms with Crippen molar-refractivity contribution in [2.24, 2.45) is 32.5 Å². The second kappa shape index (κ2) is 38.4. The molecule has 5 aromatic heterocycles. The molecule has 17 nitrogen and oxygen atoms in total. The highest BCUT2D eigenvalue weighted by molar-refractivity contribution is 5.48. The zero-order chi connectivity index (χ0) is 86.2. The molecule has 0 bridgehead atoms. The molecule has 1 aliphatic carbocycles. The molecule has 121 heavy (non-hydrogen) atoms. The number of likely N-dealkylation sites (tertiary alicyclic amines) is 6. The highest BCUT2D eigenvalue weighted by Gasteiger charge is 2.50. The molecule has 0 radical (unpaired) electrons. The van der Waals surface area contributed by atoms with Crippen molar-refractivity contribution in [1.82, 2.24) is 59.3 Å². The Morgan fingerprint density at radius 1 is 0.264 bits per heavy atom. The second-order valence-electron chi connectivity index (χ2n) is 45.7. The topological polar surface area (TPSA) is 113 Å². The number of pyridine rings is 4. The quantitative estimate of drug-likeness (QED) is 0.157. The summed E-state index contributed by atoms with van der Waals surface area (Å²) < 4.78 is 13.0. The van der Waals surface area contributed by atoms with E-state index in [9.17, 15) is 4.39 Å². The lowest BCUT2D eigenvalue weighted by Crippen LogP contribution is -2.45. The van der Waals surface area contributed by atoms with E-state index >= 15 is 0 Å². The van der Waals surface area contributed by atoms with Crippen molar-refractivity contribution in [3.63, 3.8) is 0 Å². The minimum atomic E-state index is -0.149. The largest absolute Gasteiger partial charge is 0.371 e. The predicted octanol–water partition coefficient (Wildman–Crippen LogP) is 20.2. The molecule has 0 amide bonds. The van der Waals surface area contributed by atoms with Crippen LogP contribution in [0.5, 0.6) is 0 Å². The number of hydrogen-bond donors (Lipinski definition) is 0. The lowest BCUT2D eigenvalue weighted by molar-refractivity contribution is 0.122. The zero-order valence-electron chi connectivity index (χ0n) is 79.0. The first-order chi connectivity index (χ1) is 57.3. The van der Waals surface area contributed by atoms with Crippen LogP contribution in [0.2, 0.25) is 0 Å². The fourth-order valence-corrected chi connectivity index (χ4v) is 22.5. The Morgan fingerprint density at radius 3 is 0.893 bits per heavy atom. The van der Waals surface area contributed by atoms with E-state index in [0.29, 0.717) is 60.2 Å². The minimum Gasteiger partial charge on any atom is -0.371 e. The zero-order valence-corrected chi connectivity index (χ0v) is 79.0. The van der Waals surface area contributed by atoms with E-state index in [1.165, 1.54) is 250 Å². The molecule has 6 spiro atoms. The van der Waals surface area contributed by atoms with Gasteiger partial charge in [-0.15, -0.1) is 0 Å². The summed E-state index contributed by atoms with van der Waals surface area (Å²) in [6.07, 6.45) is 43.9. The summed E-state index contributed by atoms with van der Waals surface area (Å²) in [6.45, 7) is 68.9. The maximum absolute atomic E-state index is 13.0. The molecule has 1 aromatic carbocycles. The van der Waals surface area contributed by atoms with Crippen LogP contribution in [-0.4, -0.2) is 237 Å². The third-order valence-electron chi connectivity index (χ3n) is 31.7. The summed E-state index contributed by atoms with van der Waals surface area (Å²) in [5, 5.41) is 0. The van der Waals surface area contributed by atoms with Crippen LogP contribution in [0.3, 0.4) is 0 Å². The molecule has 11 aliphatic heterocycles. The Kier molecular flexibility index (Phi) is 29.3. The molecule has 666 valence electrons. The van der Waals surface area contributed by atoms with Crippen LogP contribution in [0, 0.1) is 38.3 Å². The van der Waals surface area contributed by atoms with Gasteiger partial charge in [-0.2, -0.15) is 0 Å². The standard InChI is InChI=1S/C18H27FN2.C18H28N2.3C17H27N3.C16H26N4/c1-17(2,3)21-13-10-18(14-21)8-11-20(12-9-18)16-6-4-15(19)5-7-16;1-17(2,3)20-13-10-18(14-20)8-4-15(5-9-18)16-6-11-19-12-7-16;1-16(2,3)20-13-8-17(14-20)6-11-19(12-7-17)15-4-9-18-10-5-15;1-16(2,3)20-12-8-17(14-20)6-10-19(11-7-17)15-5-4-9-18-13-15;1-16(2,3)20-13-9-17(14-20)7-11-19(12-8-17)15-6-4-5-10-18-15;1-15(2,3)20-12-7-16(13-20)5-10-19(11-6-16)14-17-8-4-9-18-14/h4-7H,8-14H2,1-3H3;6-7,11-12,15H,4-5,8-10,13-14H2,1-3H3;4-5,9-10H,6-8,11-14H2,1-3H3;4-5,9,13H,6-8,10-12,14H2,1-3H3;4-6,10H,7-9,11-14H2,1-3H3;4,8-9H,5-7,10-13H2,1-3H3. The molecule has 0 N–H and O–H groups in total. The van der Waals surface area contributed by atoms with Crippen molar-refractivity contribution in [3.8, 4) is 0 Å². The smallest absolute Gasteiger partial charge is 0.225 e. The third-order valence-corrected chi connectivity index (χ3v) is 31.7. The van der Waals surface area contributed by atoms with E-state index in [0.717, 1.165) is 62.6 Å². The van der Waals surface area contributed by atoms with Crippen LogP contribution in [0.25, 0.3) is 0 Å². The van der Waals surface area contributed by atoms with E-state index in [-0.39, 0.29) is 11.4 Å². The summed E-state index contributed by atoms with van der Waals surface area (Å²) in [6, 6.07) is 27.9. The van der Waals surface area contributed by atoms with Gasteiger partial charge in [0.15, 0.2) is 0 Å². The van der Waals surface area contributed by atoms with E-state index in [1.54, 1.807) is 12.1 Å². The summed E-state index contributed by atoms with van der Waals surface area (Å²) in [5.74, 6) is 2.66. The van der Waals surface area contributed by atoms with Gasteiger partial charge in [-0.1, -0.05) is 6.07 Å². The van der Waals surface area contributed by atoms with Crippen molar-refractivity contribution in [2.45, 2.75) is 292 Å². The Bertz CT molecular complexity index is 3550. The maximum atomic E-state index is 13.0. The first-order valence-corrected chi connectivity index (χ1v) is 47.7. The predicted molar refractivity (Wildman–Crippen MR) is 504 cm³/mol. The highest BCUT2D eigenvalue weighted by Crippen LogP contribution is 2.52. The summed E-state index contributed by atoms with van der Waals surface area (Å²) in [4.78, 5) is 54.0. The SMILES string of the molecule is CC(C)(C)N1CCC2(CCC(c3ccncc3)CC2)C1.CC(C)(C)N1CCC2(CCN(c3ccc(F)cc3)CC2)C1.CC(C)(C)N1CCC2(CCN(c3ccccn3)CC2)C1.CC(C)(C)N1CCC2(CCN(c3cccnc3)CC2)C1.CC(C)(C)N1CCC2(CCN(c3ccncc3)CC2)C1.CC(C)(C)N1CCC2(CCN(c3ncccn3)CC2)C1. The van der Waals surface area contributed by atoms with Gasteiger partial charge < -0.3 is 24.5 Å². The monoisotopic (exact) mass is 1660 g/mol. The maximum Gasteiger partial charge on any atom is 0.225 e. The van der Waals surface area contributed by atoms with Gasteiger partial charge >= 0.3 is 0 Å². The number of halogens is 1. The lowest BCUT2D eigenvalue weighted by atomic mass is 9.68. The van der Waals surface area contributed by atoms with Crippen LogP contribution < -0.4 is 24.5 Å². The van der Waals surface area contributed by atoms with Gasteiger partial charge in [0.25, 0.3) is 0 Å². The Balaban J connectivity index is 0.000000125. The van der Waals surface area contributed by atoms with E-state index < -0.39 is 0 Å². The number of nitrogens with zero attached hydrogens (tertiary/aromatic N) is 17. The van der Waals surface area contributed by atoms with E-state index in [1.807, 2.05) is 86.1 Å². The minimum absolute atomic E-state index is 0.149. The molecule has 16 heterocycles. The molecule has 11 saturated heterocycles. The van der Waals surface area contributed by atoms with Crippen LogP contribution in [0.1, 0.15) is 265 Å². The number of rotatable bonds is 6. The van der Waals surface area contributed by atoms with Gasteiger partial charge in [-0.3, -0.25) is 44.4 Å². The second-order valence-corrected chi connectivity index (χ2v) is 45.7. The Hall–Kier alpha value is -6.41. The van der Waals surface area contributed by atoms with Gasteiger partial charge in [0.1, 0.15) is 11.6 Å². The molecular weight excluding hydrogens is 1490 g/mol. The van der Waals surface area contributed by atoms with Crippen molar-refractivity contribution < 1.29 is 4.39 Å². The van der Waals surface area contributed by atoms with Gasteiger partial charge in [-0.25, -0.2) is 19.3 Å². The molecule has 6 aromatic rings. The first kappa shape index (κ1) is 92.3. The fourth-order valence-electron chi connectivity index (χ4n) is 22.5. The Morgan fingerprint density at radius 2 is 0.570 bits per heavy atom. The van der Waals surface area contributed by atoms with Crippen LogP contribution in [-0.2, 0) is 0 Å². The number of piperidine rings is 5. The van der Waals surface area contributed by atoms with Gasteiger partial charge in [0, 0.05) is 199 Å². The number of aromatic nitrogens is 6. The van der Waals surface area contributed by atoms with Gasteiger partial charge in [-0.05, 0) is 415 Å². The van der Waals surface area contributed by atoms with Crippen molar-refractivity contribution in [2.75, 3.05) is 168 Å². The number of anilines is 5. The van der Waals surface area contributed by atoms with E-state index in [4.69, 9.17) is 0 Å². The Labute approximate surface area is 733 Å². The van der Waals surface area contributed by atoms with Crippen molar-refractivity contribution >= 4 is 28.8 Å². The summed E-state index contributed by atoms with van der Waals surface area (Å²) >= 11 is 0. The molecule has 1 saturated carbocycles. The molecule has 12 fully saturated rings. The highest BCUT2D eigenvalue weighted by atomic mass is 19.1. The van der Waals surface area contributed by atoms with Crippen molar-refractivity contribution in [3.05, 3.63) is 152 Å². The molecule has 18 rings (SSSR count). The molecule has 0 unspecified atom stereocenters. The summed E-state index contributed by atoms with van der Waals surface area (Å²) in [5.41, 5.74) is 10.6. The molecule has 12 aliphatic rings. The fraction of sp³-hybridized carbons (Fsp3) is 0.709. The molecule has 0 atom stereocenters. The summed E-state index contributed by atoms with van der Waals surface area (Å²) in [7, 11) is 0. The van der Waals surface area contributed by atoms with Gasteiger partial charge in [0.05, 0.1) is 11.9 Å². The number of hydrogen-bond acceptors (Lipinski definition) is 17. The lowest BCUT2D eigenvalue weighted by Gasteiger charge is -2.41. The average Bonchev–Trinajstić information content (AvgIpc) is 1.67. The first-order valence-electron chi connectivity index (χ1n) is 47.7. The van der Waals surface area contributed by atoms with E-state index in [2.05, 4.69) is 251 Å². The van der Waals surface area contributed by atoms with Gasteiger partial charge in [0.2, 0.25) is 5.95 Å². The average molecular weight is 1660 g/mol. The van der Waals surface area contributed by atoms with Crippen LogP contribution >= 0.6 is 0 Å². The van der Waals surface area contributed by atoms with Crippen LogP contribution in [0.15, 0.2) is 141 Å². The molecular formula is C103H162FN17.